The van der Waals surface area contributed by atoms with E-state index in [1.165, 1.54) is 5.39 Å². The molecule has 0 heterocycles. The molecule has 2 rings (SSSR count). The van der Waals surface area contributed by atoms with Crippen LogP contribution in [-0.2, 0) is 0 Å². The van der Waals surface area contributed by atoms with E-state index in [9.17, 15) is 5.11 Å². The number of likely N-dealkylation sites (N-methyl/N-ethyl adjacent to an activating group) is 1. The summed E-state index contributed by atoms with van der Waals surface area (Å²) in [5.74, 6) is 0. The van der Waals surface area contributed by atoms with E-state index >= 15 is 0 Å². The lowest BCUT2D eigenvalue weighted by molar-refractivity contribution is 0.0870. The van der Waals surface area contributed by atoms with Crippen LogP contribution in [0.15, 0.2) is 42.5 Å². The van der Waals surface area contributed by atoms with Crippen molar-refractivity contribution in [3.63, 3.8) is 0 Å². The molecule has 2 aromatic rings. The third-order valence-corrected chi connectivity index (χ3v) is 3.41. The van der Waals surface area contributed by atoms with Crippen LogP contribution in [0.1, 0.15) is 18.6 Å². The second-order valence-electron chi connectivity index (χ2n) is 4.72. The highest BCUT2D eigenvalue weighted by atomic mass is 16.3. The summed E-state index contributed by atoms with van der Waals surface area (Å²) in [4.78, 5) is 2.03. The number of rotatable bonds is 3. The summed E-state index contributed by atoms with van der Waals surface area (Å²) >= 11 is 0. The fraction of sp³-hybridized carbons (Fsp3) is 0.333. The summed E-state index contributed by atoms with van der Waals surface area (Å²) in [5, 5.41) is 12.7. The molecule has 0 saturated carbocycles. The van der Waals surface area contributed by atoms with E-state index in [1.54, 1.807) is 0 Å². The Bertz CT molecular complexity index is 502. The first-order valence-corrected chi connectivity index (χ1v) is 5.93. The topological polar surface area (TPSA) is 23.5 Å². The Balaban J connectivity index is 2.48. The maximum absolute atomic E-state index is 10.4. The maximum atomic E-state index is 10.4. The quantitative estimate of drug-likeness (QED) is 0.874. The number of aliphatic hydroxyl groups is 1. The molecular formula is C15H19NO. The molecule has 17 heavy (non-hydrogen) atoms. The van der Waals surface area contributed by atoms with Crippen LogP contribution < -0.4 is 0 Å². The minimum absolute atomic E-state index is 0.0980. The van der Waals surface area contributed by atoms with Gasteiger partial charge in [0.15, 0.2) is 0 Å². The lowest BCUT2D eigenvalue weighted by Crippen LogP contribution is -2.31. The van der Waals surface area contributed by atoms with Crippen LogP contribution in [-0.4, -0.2) is 30.1 Å². The van der Waals surface area contributed by atoms with Gasteiger partial charge in [0.25, 0.3) is 0 Å². The molecule has 0 spiro atoms. The van der Waals surface area contributed by atoms with Gasteiger partial charge < -0.3 is 10.0 Å². The zero-order chi connectivity index (χ0) is 12.4. The van der Waals surface area contributed by atoms with Gasteiger partial charge in [-0.1, -0.05) is 42.5 Å². The Hall–Kier alpha value is -1.38. The van der Waals surface area contributed by atoms with Crippen LogP contribution in [0.4, 0.5) is 0 Å². The molecule has 2 atom stereocenters. The average molecular weight is 229 g/mol. The highest BCUT2D eigenvalue weighted by molar-refractivity contribution is 5.86. The Morgan fingerprint density at radius 3 is 2.35 bits per heavy atom. The molecule has 90 valence electrons. The van der Waals surface area contributed by atoms with Crippen molar-refractivity contribution in [2.75, 3.05) is 14.1 Å². The van der Waals surface area contributed by atoms with Crippen molar-refractivity contribution >= 4 is 10.8 Å². The molecule has 2 unspecified atom stereocenters. The van der Waals surface area contributed by atoms with E-state index in [1.807, 2.05) is 50.2 Å². The highest BCUT2D eigenvalue weighted by Gasteiger charge is 2.19. The van der Waals surface area contributed by atoms with E-state index in [-0.39, 0.29) is 6.04 Å². The molecule has 0 bridgehead atoms. The first-order chi connectivity index (χ1) is 8.11. The lowest BCUT2D eigenvalue weighted by Gasteiger charge is -2.26. The van der Waals surface area contributed by atoms with E-state index in [0.29, 0.717) is 0 Å². The lowest BCUT2D eigenvalue weighted by atomic mass is 9.96. The first-order valence-electron chi connectivity index (χ1n) is 5.93. The van der Waals surface area contributed by atoms with Crippen molar-refractivity contribution in [2.24, 2.45) is 0 Å². The Morgan fingerprint density at radius 2 is 1.65 bits per heavy atom. The largest absolute Gasteiger partial charge is 0.387 e. The monoisotopic (exact) mass is 229 g/mol. The first kappa shape index (κ1) is 12.1. The Kier molecular flexibility index (Phi) is 3.46. The molecule has 2 heteroatoms. The maximum Gasteiger partial charge on any atom is 0.0948 e. The summed E-state index contributed by atoms with van der Waals surface area (Å²) in [6.45, 7) is 2.03. The molecule has 0 radical (unpaired) electrons. The number of aliphatic hydroxyl groups excluding tert-OH is 1. The summed E-state index contributed by atoms with van der Waals surface area (Å²) in [6.07, 6.45) is -0.462. The summed E-state index contributed by atoms with van der Waals surface area (Å²) in [6, 6.07) is 14.4. The van der Waals surface area contributed by atoms with Crippen LogP contribution >= 0.6 is 0 Å². The van der Waals surface area contributed by atoms with E-state index in [2.05, 4.69) is 18.2 Å². The van der Waals surface area contributed by atoms with Gasteiger partial charge in [-0.3, -0.25) is 0 Å². The number of hydrogen-bond donors (Lipinski definition) is 1. The van der Waals surface area contributed by atoms with Crippen LogP contribution in [0.5, 0.6) is 0 Å². The van der Waals surface area contributed by atoms with Crippen molar-refractivity contribution in [3.8, 4) is 0 Å². The van der Waals surface area contributed by atoms with Gasteiger partial charge in [-0.15, -0.1) is 0 Å². The minimum atomic E-state index is -0.462. The number of nitrogens with zero attached hydrogens (tertiary/aromatic N) is 1. The van der Waals surface area contributed by atoms with Gasteiger partial charge in [-0.2, -0.15) is 0 Å². The Labute approximate surface area is 102 Å². The van der Waals surface area contributed by atoms with Gasteiger partial charge in [-0.25, -0.2) is 0 Å². The molecule has 0 amide bonds. The fourth-order valence-corrected chi connectivity index (χ4v) is 2.05. The van der Waals surface area contributed by atoms with Crippen LogP contribution in [0, 0.1) is 0 Å². The molecule has 0 aromatic heterocycles. The third kappa shape index (κ3) is 2.33. The molecular weight excluding hydrogens is 210 g/mol. The normalized spacial score (nSPS) is 15.1. The molecule has 0 fully saturated rings. The van der Waals surface area contributed by atoms with Gasteiger partial charge in [0, 0.05) is 6.04 Å². The van der Waals surface area contributed by atoms with Gasteiger partial charge in [0.05, 0.1) is 6.10 Å². The van der Waals surface area contributed by atoms with E-state index in [0.717, 1.165) is 10.9 Å². The van der Waals surface area contributed by atoms with Gasteiger partial charge in [0.1, 0.15) is 0 Å². The molecule has 0 aliphatic heterocycles. The van der Waals surface area contributed by atoms with Crippen molar-refractivity contribution < 1.29 is 5.11 Å². The zero-order valence-corrected chi connectivity index (χ0v) is 10.6. The van der Waals surface area contributed by atoms with Gasteiger partial charge in [-0.05, 0) is 37.4 Å². The smallest absolute Gasteiger partial charge is 0.0948 e. The third-order valence-electron chi connectivity index (χ3n) is 3.41. The molecule has 2 aromatic carbocycles. The van der Waals surface area contributed by atoms with Crippen LogP contribution in [0.25, 0.3) is 10.8 Å². The second-order valence-corrected chi connectivity index (χ2v) is 4.72. The van der Waals surface area contributed by atoms with Crippen LogP contribution in [0.3, 0.4) is 0 Å². The molecule has 0 saturated heterocycles. The van der Waals surface area contributed by atoms with Crippen molar-refractivity contribution in [2.45, 2.75) is 19.1 Å². The van der Waals surface area contributed by atoms with Gasteiger partial charge in [0.2, 0.25) is 0 Å². The summed E-state index contributed by atoms with van der Waals surface area (Å²) in [7, 11) is 3.97. The zero-order valence-electron chi connectivity index (χ0n) is 10.6. The fourth-order valence-electron chi connectivity index (χ4n) is 2.05. The van der Waals surface area contributed by atoms with Crippen molar-refractivity contribution in [3.05, 3.63) is 48.0 Å². The highest BCUT2D eigenvalue weighted by Crippen LogP contribution is 2.27. The van der Waals surface area contributed by atoms with Gasteiger partial charge >= 0.3 is 0 Å². The summed E-state index contributed by atoms with van der Waals surface area (Å²) in [5.41, 5.74) is 1.00. The minimum Gasteiger partial charge on any atom is -0.387 e. The van der Waals surface area contributed by atoms with E-state index in [4.69, 9.17) is 0 Å². The number of benzene rings is 2. The predicted molar refractivity (Wildman–Crippen MR) is 72.1 cm³/mol. The second kappa shape index (κ2) is 4.86. The standard InChI is InChI=1S/C15H19NO/c1-11(16(2)3)15(17)14-10-6-8-12-7-4-5-9-13(12)14/h4-11,15,17H,1-3H3. The molecule has 1 N–H and O–H groups in total. The van der Waals surface area contributed by atoms with Crippen LogP contribution in [0.2, 0.25) is 0 Å². The molecule has 0 aliphatic carbocycles. The summed E-state index contributed by atoms with van der Waals surface area (Å²) < 4.78 is 0. The number of hydrogen-bond acceptors (Lipinski definition) is 2. The predicted octanol–water partition coefficient (Wildman–Crippen LogP) is 2.82. The SMILES string of the molecule is CC(C(O)c1cccc2ccccc12)N(C)C. The number of fused-ring (bicyclic) bond motifs is 1. The van der Waals surface area contributed by atoms with Crippen molar-refractivity contribution in [1.29, 1.82) is 0 Å². The van der Waals surface area contributed by atoms with E-state index < -0.39 is 6.10 Å². The molecule has 2 nitrogen and oxygen atoms in total. The average Bonchev–Trinajstić information content (AvgIpc) is 2.36. The Morgan fingerprint density at radius 1 is 1.00 bits per heavy atom. The van der Waals surface area contributed by atoms with Crippen molar-refractivity contribution in [1.82, 2.24) is 4.90 Å². The molecule has 0 aliphatic rings.